The van der Waals surface area contributed by atoms with Gasteiger partial charge in [0.15, 0.2) is 0 Å². The molecule has 5 heteroatoms. The fraction of sp³-hybridized carbons (Fsp3) is 0.375. The average molecular weight is 283 g/mol. The second-order valence-electron chi connectivity index (χ2n) is 5.70. The molecule has 0 radical (unpaired) electrons. The van der Waals surface area contributed by atoms with Crippen LogP contribution in [-0.2, 0) is 11.3 Å². The molecule has 2 saturated heterocycles. The highest BCUT2D eigenvalue weighted by Gasteiger charge is 2.47. The van der Waals surface area contributed by atoms with Crippen molar-refractivity contribution in [3.05, 3.63) is 48.7 Å². The van der Waals surface area contributed by atoms with Crippen LogP contribution in [0.5, 0.6) is 0 Å². The van der Waals surface area contributed by atoms with Gasteiger partial charge in [-0.1, -0.05) is 0 Å². The van der Waals surface area contributed by atoms with E-state index in [0.29, 0.717) is 12.5 Å². The lowest BCUT2D eigenvalue weighted by molar-refractivity contribution is -0.117. The number of nitrogens with zero attached hydrogens (tertiary/aromatic N) is 3. The summed E-state index contributed by atoms with van der Waals surface area (Å²) in [5.74, 6) is 0.204. The van der Waals surface area contributed by atoms with Crippen LogP contribution in [0.25, 0.3) is 0 Å². The molecular weight excluding hydrogens is 266 g/mol. The number of pyridine rings is 1. The molecule has 0 aromatic carbocycles. The van der Waals surface area contributed by atoms with Crippen LogP contribution in [0.3, 0.4) is 0 Å². The molecule has 108 valence electrons. The van der Waals surface area contributed by atoms with Crippen LogP contribution in [0, 0.1) is 0 Å². The number of rotatable bonds is 3. The molecule has 4 heterocycles. The van der Waals surface area contributed by atoms with E-state index in [-0.39, 0.29) is 11.9 Å². The highest BCUT2D eigenvalue weighted by atomic mass is 16.3. The molecule has 4 rings (SSSR count). The Morgan fingerprint density at radius 3 is 3.05 bits per heavy atom. The summed E-state index contributed by atoms with van der Waals surface area (Å²) in [6, 6.07) is 6.41. The number of carbonyl (C=O) groups is 1. The van der Waals surface area contributed by atoms with Crippen molar-refractivity contribution in [3.63, 3.8) is 0 Å². The normalized spacial score (nSPS) is 25.5. The Bertz CT molecular complexity index is 626. The summed E-state index contributed by atoms with van der Waals surface area (Å²) in [6.45, 7) is 1.87. The van der Waals surface area contributed by atoms with Crippen LogP contribution in [0.1, 0.15) is 18.4 Å². The smallest absolute Gasteiger partial charge is 0.229 e. The fourth-order valence-corrected chi connectivity index (χ4v) is 3.57. The first kappa shape index (κ1) is 12.6. The van der Waals surface area contributed by atoms with Crippen molar-refractivity contribution in [2.75, 3.05) is 11.4 Å². The number of furan rings is 1. The Kier molecular flexibility index (Phi) is 3.00. The van der Waals surface area contributed by atoms with Crippen molar-refractivity contribution in [1.82, 2.24) is 9.88 Å². The molecule has 0 spiro atoms. The van der Waals surface area contributed by atoms with Crippen LogP contribution in [0.15, 0.2) is 47.5 Å². The van der Waals surface area contributed by atoms with E-state index in [2.05, 4.69) is 9.88 Å². The number of amides is 1. The zero-order valence-electron chi connectivity index (χ0n) is 11.7. The topological polar surface area (TPSA) is 49.6 Å². The average Bonchev–Trinajstić information content (AvgIpc) is 3.19. The SMILES string of the molecule is O=C1C[C@@H]2[C@H](CCN2Cc2ccoc2)N1c1cccnc1. The van der Waals surface area contributed by atoms with Gasteiger partial charge in [0.05, 0.1) is 30.5 Å². The molecule has 2 atom stereocenters. The monoisotopic (exact) mass is 283 g/mol. The quantitative estimate of drug-likeness (QED) is 0.865. The number of carbonyl (C=O) groups excluding carboxylic acids is 1. The molecule has 0 unspecified atom stereocenters. The van der Waals surface area contributed by atoms with Gasteiger partial charge in [0.25, 0.3) is 0 Å². The largest absolute Gasteiger partial charge is 0.472 e. The third kappa shape index (κ3) is 2.14. The summed E-state index contributed by atoms with van der Waals surface area (Å²) in [5.41, 5.74) is 2.09. The minimum Gasteiger partial charge on any atom is -0.472 e. The predicted octanol–water partition coefficient (Wildman–Crippen LogP) is 2.05. The van der Waals surface area contributed by atoms with Gasteiger partial charge in [-0.05, 0) is 24.6 Å². The van der Waals surface area contributed by atoms with Crippen molar-refractivity contribution in [2.24, 2.45) is 0 Å². The maximum Gasteiger partial charge on any atom is 0.229 e. The van der Waals surface area contributed by atoms with E-state index >= 15 is 0 Å². The first-order chi connectivity index (χ1) is 10.3. The van der Waals surface area contributed by atoms with Gasteiger partial charge in [0, 0.05) is 37.3 Å². The molecule has 21 heavy (non-hydrogen) atoms. The molecule has 2 aromatic rings. The number of hydrogen-bond acceptors (Lipinski definition) is 4. The lowest BCUT2D eigenvalue weighted by atomic mass is 10.1. The molecule has 0 aliphatic carbocycles. The van der Waals surface area contributed by atoms with Crippen LogP contribution < -0.4 is 4.90 Å². The highest BCUT2D eigenvalue weighted by molar-refractivity contribution is 5.97. The maximum absolute atomic E-state index is 12.4. The van der Waals surface area contributed by atoms with Crippen LogP contribution in [0.2, 0.25) is 0 Å². The third-order valence-electron chi connectivity index (χ3n) is 4.50. The molecule has 1 amide bonds. The van der Waals surface area contributed by atoms with E-state index in [4.69, 9.17) is 4.42 Å². The Labute approximate surface area is 123 Å². The van der Waals surface area contributed by atoms with Crippen molar-refractivity contribution in [1.29, 1.82) is 0 Å². The molecule has 2 aliphatic heterocycles. The molecule has 0 saturated carbocycles. The minimum absolute atomic E-state index is 0.204. The summed E-state index contributed by atoms with van der Waals surface area (Å²) in [6.07, 6.45) is 8.61. The van der Waals surface area contributed by atoms with Crippen molar-refractivity contribution < 1.29 is 9.21 Å². The zero-order chi connectivity index (χ0) is 14.2. The van der Waals surface area contributed by atoms with E-state index in [0.717, 1.165) is 25.2 Å². The number of likely N-dealkylation sites (tertiary alicyclic amines) is 1. The Hall–Kier alpha value is -2.14. The van der Waals surface area contributed by atoms with Gasteiger partial charge in [0.1, 0.15) is 0 Å². The Morgan fingerprint density at radius 2 is 2.29 bits per heavy atom. The summed E-state index contributed by atoms with van der Waals surface area (Å²) in [4.78, 5) is 20.9. The summed E-state index contributed by atoms with van der Waals surface area (Å²) < 4.78 is 5.14. The van der Waals surface area contributed by atoms with Crippen molar-refractivity contribution in [3.8, 4) is 0 Å². The minimum atomic E-state index is 0.204. The summed E-state index contributed by atoms with van der Waals surface area (Å²) >= 11 is 0. The standard InChI is InChI=1S/C16H17N3O2/c20-16-8-15-14(19(16)13-2-1-5-17-9-13)3-6-18(15)10-12-4-7-21-11-12/h1-2,4-5,7,9,11,14-15H,3,6,8,10H2/t14-,15+/m0/s1. The first-order valence-electron chi connectivity index (χ1n) is 7.30. The number of aromatic nitrogens is 1. The molecule has 5 nitrogen and oxygen atoms in total. The van der Waals surface area contributed by atoms with E-state index in [1.165, 1.54) is 5.56 Å². The van der Waals surface area contributed by atoms with Gasteiger partial charge in [-0.2, -0.15) is 0 Å². The van der Waals surface area contributed by atoms with Crippen molar-refractivity contribution in [2.45, 2.75) is 31.5 Å². The number of fused-ring (bicyclic) bond motifs is 1. The Balaban J connectivity index is 1.55. The molecule has 2 fully saturated rings. The second-order valence-corrected chi connectivity index (χ2v) is 5.70. The van der Waals surface area contributed by atoms with Crippen molar-refractivity contribution >= 4 is 11.6 Å². The van der Waals surface area contributed by atoms with Crippen LogP contribution in [-0.4, -0.2) is 34.4 Å². The van der Waals surface area contributed by atoms with E-state index in [9.17, 15) is 4.79 Å². The molecule has 2 aliphatic rings. The van der Waals surface area contributed by atoms with E-state index in [1.54, 1.807) is 24.9 Å². The fourth-order valence-electron chi connectivity index (χ4n) is 3.57. The second kappa shape index (κ2) is 5.00. The van der Waals surface area contributed by atoms with Gasteiger partial charge < -0.3 is 9.32 Å². The molecule has 0 N–H and O–H groups in total. The van der Waals surface area contributed by atoms with Gasteiger partial charge in [-0.25, -0.2) is 0 Å². The van der Waals surface area contributed by atoms with Gasteiger partial charge >= 0.3 is 0 Å². The third-order valence-corrected chi connectivity index (χ3v) is 4.50. The number of anilines is 1. The molecule has 0 bridgehead atoms. The Morgan fingerprint density at radius 1 is 1.33 bits per heavy atom. The van der Waals surface area contributed by atoms with Gasteiger partial charge in [0.2, 0.25) is 5.91 Å². The molecular formula is C16H17N3O2. The first-order valence-corrected chi connectivity index (χ1v) is 7.30. The van der Waals surface area contributed by atoms with Gasteiger partial charge in [-0.3, -0.25) is 14.7 Å². The lowest BCUT2D eigenvalue weighted by Crippen LogP contribution is -2.37. The highest BCUT2D eigenvalue weighted by Crippen LogP contribution is 2.36. The lowest BCUT2D eigenvalue weighted by Gasteiger charge is -2.25. The molecule has 2 aromatic heterocycles. The van der Waals surface area contributed by atoms with Gasteiger partial charge in [-0.15, -0.1) is 0 Å². The van der Waals surface area contributed by atoms with E-state index in [1.807, 2.05) is 23.1 Å². The summed E-state index contributed by atoms with van der Waals surface area (Å²) in [7, 11) is 0. The maximum atomic E-state index is 12.4. The number of hydrogen-bond donors (Lipinski definition) is 0. The summed E-state index contributed by atoms with van der Waals surface area (Å²) in [5, 5.41) is 0. The van der Waals surface area contributed by atoms with E-state index < -0.39 is 0 Å². The zero-order valence-corrected chi connectivity index (χ0v) is 11.7. The van der Waals surface area contributed by atoms with Crippen LogP contribution >= 0.6 is 0 Å². The van der Waals surface area contributed by atoms with Crippen LogP contribution in [0.4, 0.5) is 5.69 Å². The predicted molar refractivity (Wildman–Crippen MR) is 77.7 cm³/mol.